The van der Waals surface area contributed by atoms with E-state index < -0.39 is 0 Å². The molecule has 0 spiro atoms. The summed E-state index contributed by atoms with van der Waals surface area (Å²) in [4.78, 5) is 25.3. The van der Waals surface area contributed by atoms with Crippen LogP contribution in [0.1, 0.15) is 40.8 Å². The summed E-state index contributed by atoms with van der Waals surface area (Å²) in [6.07, 6.45) is 0. The zero-order valence-electron chi connectivity index (χ0n) is 16.1. The molecule has 1 heterocycles. The SMILES string of the molecule is CC(C)(C)NC(=O)c1cccc(NC(=S)NC(=O)c2sc3ccccc3c2Cl)c1. The monoisotopic (exact) mass is 445 g/mol. The number of carbonyl (C=O) groups excluding carboxylic acids is 2. The number of rotatable bonds is 3. The Morgan fingerprint density at radius 3 is 2.45 bits per heavy atom. The van der Waals surface area contributed by atoms with Crippen LogP contribution in [-0.2, 0) is 0 Å². The highest BCUT2D eigenvalue weighted by Crippen LogP contribution is 2.34. The lowest BCUT2D eigenvalue weighted by Gasteiger charge is -2.20. The van der Waals surface area contributed by atoms with Crippen LogP contribution in [0.15, 0.2) is 48.5 Å². The van der Waals surface area contributed by atoms with Crippen LogP contribution in [0, 0.1) is 0 Å². The number of nitrogens with one attached hydrogen (secondary N) is 3. The molecule has 0 bridgehead atoms. The third-order valence-corrected chi connectivity index (χ3v) is 5.72. The third kappa shape index (κ3) is 5.32. The van der Waals surface area contributed by atoms with E-state index in [0.717, 1.165) is 10.1 Å². The van der Waals surface area contributed by atoms with Crippen LogP contribution in [0.4, 0.5) is 5.69 Å². The highest BCUT2D eigenvalue weighted by Gasteiger charge is 2.18. The lowest BCUT2D eigenvalue weighted by molar-refractivity contribution is 0.0918. The molecular weight excluding hydrogens is 426 g/mol. The van der Waals surface area contributed by atoms with Crippen LogP contribution in [0.2, 0.25) is 5.02 Å². The Balaban J connectivity index is 1.69. The summed E-state index contributed by atoms with van der Waals surface area (Å²) in [5.74, 6) is -0.566. The number of hydrogen-bond donors (Lipinski definition) is 3. The fraction of sp³-hybridized carbons (Fsp3) is 0.190. The van der Waals surface area contributed by atoms with Crippen LogP contribution in [0.25, 0.3) is 10.1 Å². The summed E-state index contributed by atoms with van der Waals surface area (Å²) in [7, 11) is 0. The van der Waals surface area contributed by atoms with Crippen molar-refractivity contribution >= 4 is 67.9 Å². The quantitative estimate of drug-likeness (QED) is 0.484. The zero-order valence-corrected chi connectivity index (χ0v) is 18.5. The highest BCUT2D eigenvalue weighted by molar-refractivity contribution is 7.80. The second-order valence-corrected chi connectivity index (χ2v) is 9.27. The fourth-order valence-electron chi connectivity index (χ4n) is 2.63. The molecular formula is C21H20ClN3O2S2. The van der Waals surface area contributed by atoms with E-state index in [1.807, 2.05) is 45.0 Å². The number of amides is 2. The van der Waals surface area contributed by atoms with Gasteiger partial charge in [0.1, 0.15) is 4.88 Å². The van der Waals surface area contributed by atoms with Gasteiger partial charge in [0.25, 0.3) is 11.8 Å². The number of carbonyl (C=O) groups is 2. The first-order valence-corrected chi connectivity index (χ1v) is 10.5. The predicted octanol–water partition coefficient (Wildman–Crippen LogP) is 5.21. The molecule has 5 nitrogen and oxygen atoms in total. The summed E-state index contributed by atoms with van der Waals surface area (Å²) in [6, 6.07) is 14.4. The van der Waals surface area contributed by atoms with E-state index in [4.69, 9.17) is 23.8 Å². The Hall–Kier alpha value is -2.48. The van der Waals surface area contributed by atoms with Gasteiger partial charge in [0.05, 0.1) is 5.02 Å². The van der Waals surface area contributed by atoms with Crippen LogP contribution in [-0.4, -0.2) is 22.5 Å². The highest BCUT2D eigenvalue weighted by atomic mass is 35.5. The molecule has 1 aromatic heterocycles. The van der Waals surface area contributed by atoms with Gasteiger partial charge in [-0.15, -0.1) is 11.3 Å². The topological polar surface area (TPSA) is 70.2 Å². The maximum atomic E-state index is 12.6. The van der Waals surface area contributed by atoms with E-state index in [-0.39, 0.29) is 22.5 Å². The summed E-state index contributed by atoms with van der Waals surface area (Å²) < 4.78 is 0.930. The van der Waals surface area contributed by atoms with Gasteiger partial charge in [0.2, 0.25) is 0 Å². The zero-order chi connectivity index (χ0) is 21.2. The largest absolute Gasteiger partial charge is 0.347 e. The van der Waals surface area contributed by atoms with Crippen molar-refractivity contribution in [2.75, 3.05) is 5.32 Å². The van der Waals surface area contributed by atoms with E-state index in [2.05, 4.69) is 16.0 Å². The third-order valence-electron chi connectivity index (χ3n) is 3.84. The van der Waals surface area contributed by atoms with Crippen molar-refractivity contribution in [1.29, 1.82) is 0 Å². The first-order chi connectivity index (χ1) is 13.6. The van der Waals surface area contributed by atoms with Crippen molar-refractivity contribution in [3.8, 4) is 0 Å². The molecule has 0 unspecified atom stereocenters. The lowest BCUT2D eigenvalue weighted by atomic mass is 10.1. The van der Waals surface area contributed by atoms with Crippen LogP contribution in [0.5, 0.6) is 0 Å². The smallest absolute Gasteiger partial charge is 0.269 e. The summed E-state index contributed by atoms with van der Waals surface area (Å²) in [5.41, 5.74) is 0.749. The Kier molecular flexibility index (Phi) is 6.21. The number of halogens is 1. The Morgan fingerprint density at radius 2 is 1.76 bits per heavy atom. The molecule has 29 heavy (non-hydrogen) atoms. The van der Waals surface area contributed by atoms with Gasteiger partial charge >= 0.3 is 0 Å². The number of thiocarbonyl (C=S) groups is 1. The second-order valence-electron chi connectivity index (χ2n) is 7.43. The Bertz CT molecular complexity index is 1100. The molecule has 0 radical (unpaired) electrons. The molecule has 0 atom stereocenters. The molecule has 0 saturated carbocycles. The average molecular weight is 446 g/mol. The molecule has 0 aliphatic heterocycles. The Morgan fingerprint density at radius 1 is 1.03 bits per heavy atom. The average Bonchev–Trinajstić information content (AvgIpc) is 2.98. The van der Waals surface area contributed by atoms with Gasteiger partial charge in [-0.25, -0.2) is 0 Å². The molecule has 0 saturated heterocycles. The number of hydrogen-bond acceptors (Lipinski definition) is 4. The molecule has 3 N–H and O–H groups in total. The van der Waals surface area contributed by atoms with E-state index >= 15 is 0 Å². The minimum absolute atomic E-state index is 0.122. The standard InChI is InChI=1S/C21H20ClN3O2S2/c1-21(2,3)25-18(26)12-7-6-8-13(11-12)23-20(28)24-19(27)17-16(22)14-9-4-5-10-15(14)29-17/h4-11H,1-3H3,(H,25,26)(H2,23,24,27,28). The molecule has 8 heteroatoms. The van der Waals surface area contributed by atoms with Gasteiger partial charge < -0.3 is 10.6 Å². The van der Waals surface area contributed by atoms with Crippen molar-refractivity contribution in [3.63, 3.8) is 0 Å². The van der Waals surface area contributed by atoms with Gasteiger partial charge in [-0.05, 0) is 57.3 Å². The molecule has 3 rings (SSSR count). The number of benzene rings is 2. The van der Waals surface area contributed by atoms with Gasteiger partial charge in [0, 0.05) is 26.9 Å². The molecule has 2 amide bonds. The van der Waals surface area contributed by atoms with E-state index in [9.17, 15) is 9.59 Å². The van der Waals surface area contributed by atoms with Gasteiger partial charge in [-0.3, -0.25) is 14.9 Å². The Labute approximate surface area is 183 Å². The van der Waals surface area contributed by atoms with Crippen molar-refractivity contribution in [1.82, 2.24) is 10.6 Å². The minimum Gasteiger partial charge on any atom is -0.347 e. The normalized spacial score (nSPS) is 11.2. The van der Waals surface area contributed by atoms with Gasteiger partial charge in [-0.2, -0.15) is 0 Å². The van der Waals surface area contributed by atoms with E-state index in [1.165, 1.54) is 11.3 Å². The number of fused-ring (bicyclic) bond motifs is 1. The van der Waals surface area contributed by atoms with E-state index in [0.29, 0.717) is 21.2 Å². The maximum absolute atomic E-state index is 12.6. The maximum Gasteiger partial charge on any atom is 0.269 e. The van der Waals surface area contributed by atoms with E-state index in [1.54, 1.807) is 24.3 Å². The van der Waals surface area contributed by atoms with Crippen molar-refractivity contribution in [2.45, 2.75) is 26.3 Å². The van der Waals surface area contributed by atoms with Gasteiger partial charge in [-0.1, -0.05) is 35.9 Å². The summed E-state index contributed by atoms with van der Waals surface area (Å²) in [6.45, 7) is 5.74. The van der Waals surface area contributed by atoms with Crippen LogP contribution in [0.3, 0.4) is 0 Å². The van der Waals surface area contributed by atoms with Gasteiger partial charge in [0.15, 0.2) is 5.11 Å². The molecule has 0 fully saturated rings. The first kappa shape index (κ1) is 21.2. The number of anilines is 1. The summed E-state index contributed by atoms with van der Waals surface area (Å²) in [5, 5.41) is 9.85. The van der Waals surface area contributed by atoms with Crippen molar-refractivity contribution in [3.05, 3.63) is 64.0 Å². The first-order valence-electron chi connectivity index (χ1n) is 8.86. The van der Waals surface area contributed by atoms with Crippen molar-refractivity contribution < 1.29 is 9.59 Å². The molecule has 3 aromatic rings. The molecule has 150 valence electrons. The molecule has 2 aromatic carbocycles. The molecule has 0 aliphatic rings. The number of thiophene rings is 1. The summed E-state index contributed by atoms with van der Waals surface area (Å²) >= 11 is 12.9. The van der Waals surface area contributed by atoms with Crippen LogP contribution < -0.4 is 16.0 Å². The fourth-order valence-corrected chi connectivity index (χ4v) is 4.26. The lowest BCUT2D eigenvalue weighted by Crippen LogP contribution is -2.40. The van der Waals surface area contributed by atoms with Crippen LogP contribution >= 0.6 is 35.2 Å². The second kappa shape index (κ2) is 8.49. The van der Waals surface area contributed by atoms with Crippen molar-refractivity contribution in [2.24, 2.45) is 0 Å². The molecule has 0 aliphatic carbocycles. The minimum atomic E-state index is -0.379. The predicted molar refractivity (Wildman–Crippen MR) is 124 cm³/mol.